The minimum Gasteiger partial charge on any atom is -0.379 e. The molecule has 0 aromatic carbocycles. The van der Waals surface area contributed by atoms with Gasteiger partial charge < -0.3 is 5.11 Å². The Morgan fingerprint density at radius 1 is 1.09 bits per heavy atom. The molecule has 0 bridgehead atoms. The van der Waals surface area contributed by atoms with E-state index < -0.39 is 0 Å². The van der Waals surface area contributed by atoms with Crippen LogP contribution in [0.4, 0.5) is 0 Å². The summed E-state index contributed by atoms with van der Waals surface area (Å²) >= 11 is 0. The van der Waals surface area contributed by atoms with E-state index in [4.69, 9.17) is 0 Å². The molecule has 0 saturated carbocycles. The summed E-state index contributed by atoms with van der Waals surface area (Å²) < 4.78 is 0. The lowest BCUT2D eigenvalue weighted by molar-refractivity contribution is 0.126. The molecule has 0 radical (unpaired) electrons. The van der Waals surface area contributed by atoms with Gasteiger partial charge in [0.05, 0.1) is 0 Å². The lowest BCUT2D eigenvalue weighted by Crippen LogP contribution is -2.32. The molecule has 0 aromatic rings. The van der Waals surface area contributed by atoms with E-state index in [0.29, 0.717) is 0 Å². The average molecular weight is 159 g/mol. The molecule has 0 spiro atoms. The minimum absolute atomic E-state index is 0.310. The molecule has 2 heteroatoms. The van der Waals surface area contributed by atoms with Crippen molar-refractivity contribution in [2.75, 3.05) is 6.54 Å². The highest BCUT2D eigenvalue weighted by molar-refractivity contribution is 4.59. The Kier molecular flexibility index (Phi) is 6.57. The maximum Gasteiger partial charge on any atom is 0.104 e. The molecule has 0 heterocycles. The number of rotatable bonds is 6. The van der Waals surface area contributed by atoms with Gasteiger partial charge in [-0.2, -0.15) is 0 Å². The van der Waals surface area contributed by atoms with Gasteiger partial charge in [0.2, 0.25) is 0 Å². The van der Waals surface area contributed by atoms with Gasteiger partial charge in [0, 0.05) is 6.54 Å². The molecule has 11 heavy (non-hydrogen) atoms. The van der Waals surface area contributed by atoms with Gasteiger partial charge in [-0.25, -0.2) is 0 Å². The van der Waals surface area contributed by atoms with Crippen molar-refractivity contribution in [2.24, 2.45) is 5.92 Å². The van der Waals surface area contributed by atoms with Gasteiger partial charge in [-0.05, 0) is 12.3 Å². The van der Waals surface area contributed by atoms with Gasteiger partial charge in [0.1, 0.15) is 6.23 Å². The van der Waals surface area contributed by atoms with Crippen LogP contribution in [0.25, 0.3) is 0 Å². The summed E-state index contributed by atoms with van der Waals surface area (Å²) in [6, 6.07) is 0. The van der Waals surface area contributed by atoms with E-state index >= 15 is 0 Å². The lowest BCUT2D eigenvalue weighted by atomic mass is 10.0. The molecule has 0 aliphatic carbocycles. The third-order valence-corrected chi connectivity index (χ3v) is 2.18. The fraction of sp³-hybridized carbons (Fsp3) is 1.00. The second-order valence-corrected chi connectivity index (χ2v) is 3.01. The molecule has 0 amide bonds. The maximum atomic E-state index is 9.19. The molecule has 0 fully saturated rings. The summed E-state index contributed by atoms with van der Waals surface area (Å²) in [5.74, 6) is 0.719. The largest absolute Gasteiger partial charge is 0.379 e. The molecular weight excluding hydrogens is 138 g/mol. The highest BCUT2D eigenvalue weighted by Crippen LogP contribution is 2.05. The van der Waals surface area contributed by atoms with E-state index in [0.717, 1.165) is 18.9 Å². The first-order valence-corrected chi connectivity index (χ1v) is 4.65. The van der Waals surface area contributed by atoms with Crippen LogP contribution >= 0.6 is 0 Å². The third-order valence-electron chi connectivity index (χ3n) is 2.18. The van der Waals surface area contributed by atoms with Gasteiger partial charge in [-0.15, -0.1) is 0 Å². The Balaban J connectivity index is 3.34. The number of hydrogen-bond acceptors (Lipinski definition) is 2. The molecule has 1 atom stereocenters. The van der Waals surface area contributed by atoms with Crippen LogP contribution in [0.1, 0.15) is 40.0 Å². The maximum absolute atomic E-state index is 9.19. The summed E-state index contributed by atoms with van der Waals surface area (Å²) in [7, 11) is 0. The number of hydrogen-bond donors (Lipinski definition) is 2. The highest BCUT2D eigenvalue weighted by atomic mass is 16.3. The molecule has 0 aliphatic rings. The zero-order valence-corrected chi connectivity index (χ0v) is 7.93. The van der Waals surface area contributed by atoms with E-state index in [9.17, 15) is 5.11 Å². The van der Waals surface area contributed by atoms with Crippen LogP contribution in [-0.2, 0) is 0 Å². The molecular formula is C9H21NO. The zero-order valence-electron chi connectivity index (χ0n) is 7.93. The quantitative estimate of drug-likeness (QED) is 0.579. The normalized spacial score (nSPS) is 13.9. The summed E-state index contributed by atoms with van der Waals surface area (Å²) in [6.07, 6.45) is 2.87. The standard InChI is InChI=1S/C9H21NO/c1-4-8(5-2)7-10-9(11)6-3/h8-11H,4-7H2,1-3H3/t9-/m1/s1. The van der Waals surface area contributed by atoms with Crippen molar-refractivity contribution in [3.8, 4) is 0 Å². The van der Waals surface area contributed by atoms with Crippen LogP contribution in [0.3, 0.4) is 0 Å². The summed E-state index contributed by atoms with van der Waals surface area (Å²) in [5, 5.41) is 12.3. The van der Waals surface area contributed by atoms with Crippen LogP contribution < -0.4 is 5.32 Å². The van der Waals surface area contributed by atoms with Crippen LogP contribution in [0.15, 0.2) is 0 Å². The average Bonchev–Trinajstić information content (AvgIpc) is 2.06. The van der Waals surface area contributed by atoms with E-state index in [1.807, 2.05) is 6.92 Å². The van der Waals surface area contributed by atoms with Crippen molar-refractivity contribution in [1.29, 1.82) is 0 Å². The third kappa shape index (κ3) is 5.22. The zero-order chi connectivity index (χ0) is 8.69. The molecule has 0 aliphatic heterocycles. The van der Waals surface area contributed by atoms with Crippen molar-refractivity contribution in [1.82, 2.24) is 5.32 Å². The van der Waals surface area contributed by atoms with E-state index in [1.165, 1.54) is 12.8 Å². The Bertz CT molecular complexity index is 81.6. The van der Waals surface area contributed by atoms with E-state index in [1.54, 1.807) is 0 Å². The summed E-state index contributed by atoms with van der Waals surface area (Å²) in [5.41, 5.74) is 0. The van der Waals surface area contributed by atoms with Gasteiger partial charge in [0.15, 0.2) is 0 Å². The predicted molar refractivity (Wildman–Crippen MR) is 48.4 cm³/mol. The highest BCUT2D eigenvalue weighted by Gasteiger charge is 2.04. The molecule has 68 valence electrons. The Morgan fingerprint density at radius 3 is 2.00 bits per heavy atom. The SMILES string of the molecule is CCC(CC)CN[C@H](O)CC. The second kappa shape index (κ2) is 6.62. The van der Waals surface area contributed by atoms with Crippen molar-refractivity contribution < 1.29 is 5.11 Å². The first-order chi connectivity index (χ1) is 5.24. The fourth-order valence-electron chi connectivity index (χ4n) is 1.02. The van der Waals surface area contributed by atoms with Crippen LogP contribution in [-0.4, -0.2) is 17.9 Å². The summed E-state index contributed by atoms with van der Waals surface area (Å²) in [6.45, 7) is 7.30. The molecule has 0 unspecified atom stereocenters. The van der Waals surface area contributed by atoms with Crippen molar-refractivity contribution in [3.05, 3.63) is 0 Å². The van der Waals surface area contributed by atoms with Crippen molar-refractivity contribution >= 4 is 0 Å². The van der Waals surface area contributed by atoms with Gasteiger partial charge in [0.25, 0.3) is 0 Å². The van der Waals surface area contributed by atoms with Gasteiger partial charge in [-0.1, -0.05) is 33.6 Å². The van der Waals surface area contributed by atoms with Crippen molar-refractivity contribution in [3.63, 3.8) is 0 Å². The Morgan fingerprint density at radius 2 is 1.64 bits per heavy atom. The van der Waals surface area contributed by atoms with Crippen LogP contribution in [0, 0.1) is 5.92 Å². The van der Waals surface area contributed by atoms with Gasteiger partial charge >= 0.3 is 0 Å². The van der Waals surface area contributed by atoms with E-state index in [-0.39, 0.29) is 6.23 Å². The predicted octanol–water partition coefficient (Wildman–Crippen LogP) is 1.74. The Hall–Kier alpha value is -0.0800. The fourth-order valence-corrected chi connectivity index (χ4v) is 1.02. The second-order valence-electron chi connectivity index (χ2n) is 3.01. The number of aliphatic hydroxyl groups excluding tert-OH is 1. The monoisotopic (exact) mass is 159 g/mol. The molecule has 2 N–H and O–H groups in total. The first kappa shape index (κ1) is 10.9. The summed E-state index contributed by atoms with van der Waals surface area (Å²) in [4.78, 5) is 0. The smallest absolute Gasteiger partial charge is 0.104 e. The first-order valence-electron chi connectivity index (χ1n) is 4.65. The Labute approximate surface area is 70.0 Å². The number of aliphatic hydroxyl groups is 1. The molecule has 2 nitrogen and oxygen atoms in total. The molecule has 0 rings (SSSR count). The van der Waals surface area contributed by atoms with Crippen LogP contribution in [0.2, 0.25) is 0 Å². The molecule has 0 aromatic heterocycles. The van der Waals surface area contributed by atoms with Crippen molar-refractivity contribution in [2.45, 2.75) is 46.3 Å². The van der Waals surface area contributed by atoms with Gasteiger partial charge in [-0.3, -0.25) is 5.32 Å². The number of nitrogens with one attached hydrogen (secondary N) is 1. The molecule has 0 saturated heterocycles. The van der Waals surface area contributed by atoms with Crippen LogP contribution in [0.5, 0.6) is 0 Å². The topological polar surface area (TPSA) is 32.3 Å². The lowest BCUT2D eigenvalue weighted by Gasteiger charge is -2.16. The van der Waals surface area contributed by atoms with E-state index in [2.05, 4.69) is 19.2 Å². The minimum atomic E-state index is -0.310.